The Balaban J connectivity index is 0.000000471. The van der Waals surface area contributed by atoms with Crippen molar-refractivity contribution in [3.05, 3.63) is 35.9 Å². The van der Waals surface area contributed by atoms with Crippen molar-refractivity contribution in [1.29, 1.82) is 0 Å². The minimum absolute atomic E-state index is 0.00157. The Labute approximate surface area is 131 Å². The van der Waals surface area contributed by atoms with Gasteiger partial charge in [0.2, 0.25) is 0 Å². The molecule has 1 atom stereocenters. The number of hydrogen-bond donors (Lipinski definition) is 1. The van der Waals surface area contributed by atoms with Crippen LogP contribution in [0.15, 0.2) is 30.3 Å². The van der Waals surface area contributed by atoms with Crippen molar-refractivity contribution in [3.63, 3.8) is 0 Å². The molecule has 0 aliphatic heterocycles. The molecular weight excluding hydrogens is 258 g/mol. The van der Waals surface area contributed by atoms with Crippen LogP contribution in [0.4, 0.5) is 0 Å². The van der Waals surface area contributed by atoms with E-state index in [0.717, 1.165) is 6.42 Å². The molecule has 2 heteroatoms. The average Bonchev–Trinajstić information content (AvgIpc) is 2.34. The highest BCUT2D eigenvalue weighted by atomic mass is 16.1. The standard InChI is InChI=1S/C12H25NO.C7H8/c1-8-9(13-12(5,6)7)10(14)11(2,3)4;1-7-5-3-2-4-6-7/h9,13H,8H2,1-7H3;2-6H,1H3. The fourth-order valence-corrected chi connectivity index (χ4v) is 1.93. The summed E-state index contributed by atoms with van der Waals surface area (Å²) in [6, 6.07) is 10.2. The molecule has 0 aliphatic carbocycles. The number of carbonyl (C=O) groups excluding carboxylic acids is 1. The SMILES string of the molecule is CCC(NC(C)(C)C)C(=O)C(C)(C)C.Cc1ccccc1. The summed E-state index contributed by atoms with van der Waals surface area (Å²) >= 11 is 0. The van der Waals surface area contributed by atoms with Gasteiger partial charge >= 0.3 is 0 Å². The number of Topliss-reactive ketones (excluding diaryl/α,β-unsaturated/α-hetero) is 1. The lowest BCUT2D eigenvalue weighted by Crippen LogP contribution is -2.50. The summed E-state index contributed by atoms with van der Waals surface area (Å²) < 4.78 is 0. The highest BCUT2D eigenvalue weighted by Crippen LogP contribution is 2.19. The van der Waals surface area contributed by atoms with Crippen LogP contribution in [0, 0.1) is 12.3 Å². The molecule has 21 heavy (non-hydrogen) atoms. The maximum atomic E-state index is 12.0. The van der Waals surface area contributed by atoms with Gasteiger partial charge in [-0.1, -0.05) is 63.6 Å². The molecule has 2 nitrogen and oxygen atoms in total. The molecule has 120 valence electrons. The lowest BCUT2D eigenvalue weighted by atomic mass is 9.85. The summed E-state index contributed by atoms with van der Waals surface area (Å²) in [5.41, 5.74) is 1.07. The van der Waals surface area contributed by atoms with Crippen LogP contribution >= 0.6 is 0 Å². The second-order valence-corrected chi connectivity index (χ2v) is 7.62. The first-order chi connectivity index (χ1) is 9.47. The predicted molar refractivity (Wildman–Crippen MR) is 92.6 cm³/mol. The van der Waals surface area contributed by atoms with Crippen LogP contribution in [0.2, 0.25) is 0 Å². The number of rotatable bonds is 3. The van der Waals surface area contributed by atoms with Crippen molar-refractivity contribution < 1.29 is 4.79 Å². The van der Waals surface area contributed by atoms with Gasteiger partial charge in [0.25, 0.3) is 0 Å². The van der Waals surface area contributed by atoms with Crippen molar-refractivity contribution in [1.82, 2.24) is 5.32 Å². The summed E-state index contributed by atoms with van der Waals surface area (Å²) in [6.45, 7) is 16.3. The zero-order chi connectivity index (χ0) is 16.7. The predicted octanol–water partition coefficient (Wildman–Crippen LogP) is 4.76. The van der Waals surface area contributed by atoms with E-state index in [1.807, 2.05) is 45.9 Å². The number of ketones is 1. The molecule has 1 N–H and O–H groups in total. The molecular formula is C19H33NO. The Morgan fingerprint density at radius 2 is 1.52 bits per heavy atom. The van der Waals surface area contributed by atoms with E-state index in [0.29, 0.717) is 5.78 Å². The van der Waals surface area contributed by atoms with Crippen molar-refractivity contribution in [3.8, 4) is 0 Å². The van der Waals surface area contributed by atoms with Gasteiger partial charge in [-0.25, -0.2) is 0 Å². The Morgan fingerprint density at radius 1 is 1.05 bits per heavy atom. The number of nitrogens with one attached hydrogen (secondary N) is 1. The normalized spacial score (nSPS) is 13.1. The zero-order valence-electron chi connectivity index (χ0n) is 15.1. The third-order valence-corrected chi connectivity index (χ3v) is 3.01. The number of benzene rings is 1. The maximum Gasteiger partial charge on any atom is 0.155 e. The molecule has 0 radical (unpaired) electrons. The molecule has 1 aromatic carbocycles. The fourth-order valence-electron chi connectivity index (χ4n) is 1.93. The van der Waals surface area contributed by atoms with Gasteiger partial charge in [0, 0.05) is 11.0 Å². The second-order valence-electron chi connectivity index (χ2n) is 7.62. The number of carbonyl (C=O) groups is 1. The van der Waals surface area contributed by atoms with Crippen molar-refractivity contribution in [2.24, 2.45) is 5.41 Å². The van der Waals surface area contributed by atoms with Gasteiger partial charge in [-0.3, -0.25) is 4.79 Å². The summed E-state index contributed by atoms with van der Waals surface area (Å²) in [4.78, 5) is 12.0. The third-order valence-electron chi connectivity index (χ3n) is 3.01. The molecule has 0 spiro atoms. The summed E-state index contributed by atoms with van der Waals surface area (Å²) in [7, 11) is 0. The van der Waals surface area contributed by atoms with Crippen LogP contribution < -0.4 is 5.32 Å². The van der Waals surface area contributed by atoms with Gasteiger partial charge in [-0.2, -0.15) is 0 Å². The molecule has 0 saturated carbocycles. The Hall–Kier alpha value is -1.15. The third kappa shape index (κ3) is 9.41. The van der Waals surface area contributed by atoms with Gasteiger partial charge in [-0.15, -0.1) is 0 Å². The Kier molecular flexibility index (Phi) is 7.87. The molecule has 0 aliphatic rings. The lowest BCUT2D eigenvalue weighted by molar-refractivity contribution is -0.129. The maximum absolute atomic E-state index is 12.0. The largest absolute Gasteiger partial charge is 0.303 e. The quantitative estimate of drug-likeness (QED) is 0.869. The van der Waals surface area contributed by atoms with E-state index in [-0.39, 0.29) is 17.0 Å². The van der Waals surface area contributed by atoms with E-state index in [2.05, 4.69) is 45.1 Å². The topological polar surface area (TPSA) is 29.1 Å². The van der Waals surface area contributed by atoms with Crippen molar-refractivity contribution >= 4 is 5.78 Å². The van der Waals surface area contributed by atoms with Crippen LogP contribution in [0.3, 0.4) is 0 Å². The average molecular weight is 291 g/mol. The van der Waals surface area contributed by atoms with Gasteiger partial charge < -0.3 is 5.32 Å². The smallest absolute Gasteiger partial charge is 0.155 e. The van der Waals surface area contributed by atoms with E-state index in [4.69, 9.17) is 0 Å². The van der Waals surface area contributed by atoms with E-state index in [9.17, 15) is 4.79 Å². The number of aryl methyl sites for hydroxylation is 1. The van der Waals surface area contributed by atoms with Gasteiger partial charge in [0.15, 0.2) is 5.78 Å². The fraction of sp³-hybridized carbons (Fsp3) is 0.632. The minimum atomic E-state index is -0.251. The molecule has 1 aromatic rings. The first kappa shape index (κ1) is 19.9. The van der Waals surface area contributed by atoms with E-state index in [1.165, 1.54) is 5.56 Å². The number of hydrogen-bond acceptors (Lipinski definition) is 2. The summed E-state index contributed by atoms with van der Waals surface area (Å²) in [5.74, 6) is 0.301. The Bertz CT molecular complexity index is 409. The van der Waals surface area contributed by atoms with Gasteiger partial charge in [-0.05, 0) is 34.1 Å². The summed E-state index contributed by atoms with van der Waals surface area (Å²) in [6.07, 6.45) is 0.855. The van der Waals surface area contributed by atoms with Crippen LogP contribution in [0.25, 0.3) is 0 Å². The van der Waals surface area contributed by atoms with Gasteiger partial charge in [0.1, 0.15) is 0 Å². The van der Waals surface area contributed by atoms with Crippen molar-refractivity contribution in [2.75, 3.05) is 0 Å². The van der Waals surface area contributed by atoms with Crippen molar-refractivity contribution in [2.45, 2.75) is 73.4 Å². The zero-order valence-corrected chi connectivity index (χ0v) is 15.1. The van der Waals surface area contributed by atoms with E-state index >= 15 is 0 Å². The lowest BCUT2D eigenvalue weighted by Gasteiger charge is -2.31. The molecule has 0 fully saturated rings. The minimum Gasteiger partial charge on any atom is -0.303 e. The highest BCUT2D eigenvalue weighted by molar-refractivity contribution is 5.88. The molecule has 0 saturated heterocycles. The molecule has 0 aromatic heterocycles. The summed E-state index contributed by atoms with van der Waals surface area (Å²) in [5, 5.41) is 3.36. The Morgan fingerprint density at radius 3 is 1.76 bits per heavy atom. The van der Waals surface area contributed by atoms with E-state index < -0.39 is 0 Å². The highest BCUT2D eigenvalue weighted by Gasteiger charge is 2.30. The molecule has 0 bridgehead atoms. The van der Waals surface area contributed by atoms with Crippen LogP contribution in [0.1, 0.15) is 60.5 Å². The van der Waals surface area contributed by atoms with Gasteiger partial charge in [0.05, 0.1) is 6.04 Å². The van der Waals surface area contributed by atoms with Crippen LogP contribution in [-0.4, -0.2) is 17.4 Å². The molecule has 1 unspecified atom stereocenters. The molecule has 0 heterocycles. The van der Waals surface area contributed by atoms with E-state index in [1.54, 1.807) is 0 Å². The van der Waals surface area contributed by atoms with Crippen LogP contribution in [-0.2, 0) is 4.79 Å². The second kappa shape index (κ2) is 8.33. The van der Waals surface area contributed by atoms with Crippen LogP contribution in [0.5, 0.6) is 0 Å². The first-order valence-corrected chi connectivity index (χ1v) is 7.81. The molecule has 1 rings (SSSR count). The monoisotopic (exact) mass is 291 g/mol. The first-order valence-electron chi connectivity index (χ1n) is 7.81. The molecule has 0 amide bonds.